The molecule has 0 bridgehead atoms. The second-order valence-electron chi connectivity index (χ2n) is 21.9. The predicted octanol–water partition coefficient (Wildman–Crippen LogP) is 17.7. The molecule has 0 aliphatic heterocycles. The van der Waals surface area contributed by atoms with Crippen molar-refractivity contribution in [3.05, 3.63) is 36.5 Å². The molecule has 0 aliphatic rings. The minimum Gasteiger partial charge on any atom is -0.756 e. The molecular formula is C61H117N2O7P. The van der Waals surface area contributed by atoms with Crippen LogP contribution in [0, 0.1) is 0 Å². The minimum absolute atomic E-state index is 0.0293. The number of rotatable bonds is 55. The highest BCUT2D eigenvalue weighted by Gasteiger charge is 2.27. The number of phosphoric ester groups is 1. The smallest absolute Gasteiger partial charge is 0.306 e. The Balaban J connectivity index is 5.20. The highest BCUT2D eigenvalue weighted by Crippen LogP contribution is 2.38. The van der Waals surface area contributed by atoms with Gasteiger partial charge in [-0.25, -0.2) is 0 Å². The maximum Gasteiger partial charge on any atom is 0.306 e. The van der Waals surface area contributed by atoms with Crippen molar-refractivity contribution >= 4 is 19.7 Å². The average molecular weight is 1020 g/mol. The van der Waals surface area contributed by atoms with Gasteiger partial charge in [0.25, 0.3) is 7.82 Å². The first-order valence-electron chi connectivity index (χ1n) is 30.3. The molecule has 0 aromatic carbocycles. The summed E-state index contributed by atoms with van der Waals surface area (Å²) in [5.41, 5.74) is 0. The number of unbranched alkanes of at least 4 members (excludes halogenated alkanes) is 35. The van der Waals surface area contributed by atoms with Gasteiger partial charge in [0.05, 0.1) is 33.8 Å². The van der Waals surface area contributed by atoms with E-state index in [1.54, 1.807) is 0 Å². The fourth-order valence-corrected chi connectivity index (χ4v) is 9.59. The Morgan fingerprint density at radius 3 is 1.30 bits per heavy atom. The Morgan fingerprint density at radius 1 is 0.493 bits per heavy atom. The SMILES string of the molecule is CCCCCCCC/C=C\C/C=C/CCC(=O)NC(COP(=O)([O-])OCC[N+](C)(C)C)C(/C=C\CCCCCCCCCCC)OC(=O)CCCCCCCCCCCCCCCCCCCCCCC. The number of allylic oxidation sites excluding steroid dienone is 5. The van der Waals surface area contributed by atoms with E-state index in [4.69, 9.17) is 13.8 Å². The van der Waals surface area contributed by atoms with Crippen LogP contribution in [0.1, 0.15) is 290 Å². The van der Waals surface area contributed by atoms with Crippen LogP contribution in [-0.4, -0.2) is 69.4 Å². The number of esters is 1. The molecule has 1 amide bonds. The summed E-state index contributed by atoms with van der Waals surface area (Å²) in [6.07, 6.45) is 61.4. The normalized spacial score (nSPS) is 14.0. The van der Waals surface area contributed by atoms with Crippen molar-refractivity contribution in [1.29, 1.82) is 0 Å². The lowest BCUT2D eigenvalue weighted by Gasteiger charge is -2.30. The van der Waals surface area contributed by atoms with Gasteiger partial charge in [0, 0.05) is 12.8 Å². The molecule has 0 radical (unpaired) electrons. The summed E-state index contributed by atoms with van der Waals surface area (Å²) in [5.74, 6) is -0.608. The Hall–Kier alpha value is -1.77. The van der Waals surface area contributed by atoms with E-state index in [1.807, 2.05) is 39.4 Å². The summed E-state index contributed by atoms with van der Waals surface area (Å²) in [4.78, 5) is 39.8. The van der Waals surface area contributed by atoms with Crippen molar-refractivity contribution < 1.29 is 37.3 Å². The number of phosphoric acid groups is 1. The molecule has 71 heavy (non-hydrogen) atoms. The van der Waals surface area contributed by atoms with Gasteiger partial charge in [0.15, 0.2) is 0 Å². The Bertz CT molecular complexity index is 1310. The van der Waals surface area contributed by atoms with Crippen LogP contribution >= 0.6 is 7.82 Å². The lowest BCUT2D eigenvalue weighted by molar-refractivity contribution is -0.870. The molecule has 3 atom stereocenters. The number of quaternary nitrogens is 1. The average Bonchev–Trinajstić information content (AvgIpc) is 3.33. The van der Waals surface area contributed by atoms with Gasteiger partial charge in [-0.3, -0.25) is 14.2 Å². The van der Waals surface area contributed by atoms with E-state index >= 15 is 0 Å². The lowest BCUT2D eigenvalue weighted by atomic mass is 10.0. The van der Waals surface area contributed by atoms with E-state index in [1.165, 1.54) is 199 Å². The van der Waals surface area contributed by atoms with Gasteiger partial charge in [-0.1, -0.05) is 263 Å². The van der Waals surface area contributed by atoms with Crippen LogP contribution in [0.15, 0.2) is 36.5 Å². The van der Waals surface area contributed by atoms with E-state index in [0.29, 0.717) is 17.4 Å². The number of likely N-dealkylation sites (N-methyl/N-ethyl adjacent to an activating group) is 1. The third kappa shape index (κ3) is 52.9. The van der Waals surface area contributed by atoms with Crippen molar-refractivity contribution in [1.82, 2.24) is 5.32 Å². The fraction of sp³-hybridized carbons (Fsp3) is 0.869. The number of amides is 1. The number of nitrogens with zero attached hydrogens (tertiary/aromatic N) is 1. The number of nitrogens with one attached hydrogen (secondary N) is 1. The number of carbonyl (C=O) groups is 2. The molecule has 0 rings (SSSR count). The Labute approximate surface area is 440 Å². The summed E-state index contributed by atoms with van der Waals surface area (Å²) in [6, 6.07) is -0.913. The van der Waals surface area contributed by atoms with E-state index in [-0.39, 0.29) is 31.3 Å². The first-order chi connectivity index (χ1) is 34.4. The number of hydrogen-bond acceptors (Lipinski definition) is 7. The third-order valence-corrected chi connectivity index (χ3v) is 14.6. The van der Waals surface area contributed by atoms with Crippen molar-refractivity contribution in [2.45, 2.75) is 303 Å². The molecule has 3 unspecified atom stereocenters. The van der Waals surface area contributed by atoms with Gasteiger partial charge in [0.1, 0.15) is 19.3 Å². The summed E-state index contributed by atoms with van der Waals surface area (Å²) in [6.45, 7) is 6.81. The van der Waals surface area contributed by atoms with Crippen LogP contribution < -0.4 is 10.2 Å². The van der Waals surface area contributed by atoms with E-state index in [0.717, 1.165) is 51.4 Å². The van der Waals surface area contributed by atoms with Crippen LogP contribution in [0.5, 0.6) is 0 Å². The highest BCUT2D eigenvalue weighted by atomic mass is 31.2. The van der Waals surface area contributed by atoms with Crippen LogP contribution in [0.4, 0.5) is 0 Å². The van der Waals surface area contributed by atoms with Crippen molar-refractivity contribution in [3.8, 4) is 0 Å². The molecule has 0 aromatic rings. The molecule has 0 aliphatic carbocycles. The molecule has 418 valence electrons. The van der Waals surface area contributed by atoms with Crippen molar-refractivity contribution in [2.24, 2.45) is 0 Å². The molecule has 9 nitrogen and oxygen atoms in total. The van der Waals surface area contributed by atoms with Crippen molar-refractivity contribution in [2.75, 3.05) is 40.9 Å². The molecule has 0 aromatic heterocycles. The second kappa shape index (κ2) is 51.7. The van der Waals surface area contributed by atoms with Gasteiger partial charge >= 0.3 is 5.97 Å². The zero-order chi connectivity index (χ0) is 52.2. The molecule has 1 N–H and O–H groups in total. The topological polar surface area (TPSA) is 114 Å². The molecule has 0 saturated carbocycles. The van der Waals surface area contributed by atoms with Crippen molar-refractivity contribution in [3.63, 3.8) is 0 Å². The van der Waals surface area contributed by atoms with E-state index in [9.17, 15) is 19.0 Å². The summed E-state index contributed by atoms with van der Waals surface area (Å²) >= 11 is 0. The number of hydrogen-bond donors (Lipinski definition) is 1. The number of ether oxygens (including phenoxy) is 1. The van der Waals surface area contributed by atoms with E-state index < -0.39 is 26.6 Å². The lowest BCUT2D eigenvalue weighted by Crippen LogP contribution is -2.47. The third-order valence-electron chi connectivity index (χ3n) is 13.6. The quantitative estimate of drug-likeness (QED) is 0.0212. The standard InChI is InChI=1S/C61H117N2O7P/c1-7-10-13-16-19-22-25-27-28-29-30-31-32-33-34-36-39-42-45-48-51-54-61(65)70-59(52-49-46-43-40-37-24-21-18-15-12-9-3)58(57-69-71(66,67)68-56-55-63(4,5)6)62-60(64)53-50-47-44-41-38-35-26-23-20-17-14-11-8-2/h35,38,44,47,49,52,58-59H,7-34,36-37,39-43,45-46,48,50-51,53-57H2,1-6H3,(H-,62,64,66,67)/b38-35-,47-44+,52-49-. The summed E-state index contributed by atoms with van der Waals surface area (Å²) in [7, 11) is 1.16. The van der Waals surface area contributed by atoms with Gasteiger partial charge in [-0.15, -0.1) is 0 Å². The molecule has 10 heteroatoms. The second-order valence-corrected chi connectivity index (χ2v) is 23.3. The zero-order valence-corrected chi connectivity index (χ0v) is 48.6. The maximum absolute atomic E-state index is 13.4. The van der Waals surface area contributed by atoms with Crippen LogP contribution in [0.2, 0.25) is 0 Å². The molecular weight excluding hydrogens is 904 g/mol. The van der Waals surface area contributed by atoms with E-state index in [2.05, 4.69) is 44.3 Å². The van der Waals surface area contributed by atoms with Gasteiger partial charge in [-0.05, 0) is 51.0 Å². The largest absolute Gasteiger partial charge is 0.756 e. The van der Waals surface area contributed by atoms with Gasteiger partial charge in [-0.2, -0.15) is 0 Å². The highest BCUT2D eigenvalue weighted by molar-refractivity contribution is 7.45. The molecule has 0 heterocycles. The zero-order valence-electron chi connectivity index (χ0n) is 47.7. The first-order valence-corrected chi connectivity index (χ1v) is 31.8. The fourth-order valence-electron chi connectivity index (χ4n) is 8.87. The first kappa shape index (κ1) is 69.2. The summed E-state index contributed by atoms with van der Waals surface area (Å²) in [5, 5.41) is 2.98. The molecule has 0 spiro atoms. The molecule has 0 fully saturated rings. The number of carbonyl (C=O) groups excluding carboxylic acids is 2. The van der Waals surface area contributed by atoms with Gasteiger partial charge < -0.3 is 28.5 Å². The predicted molar refractivity (Wildman–Crippen MR) is 303 cm³/mol. The van der Waals surface area contributed by atoms with Crippen LogP contribution in [0.25, 0.3) is 0 Å². The van der Waals surface area contributed by atoms with Crippen LogP contribution in [0.3, 0.4) is 0 Å². The van der Waals surface area contributed by atoms with Crippen LogP contribution in [-0.2, 0) is 27.9 Å². The Morgan fingerprint density at radius 2 is 0.873 bits per heavy atom. The summed E-state index contributed by atoms with van der Waals surface area (Å²) < 4.78 is 30.2. The van der Waals surface area contributed by atoms with Gasteiger partial charge in [0.2, 0.25) is 5.91 Å². The minimum atomic E-state index is -4.70. The Kier molecular flexibility index (Phi) is 50.4. The molecule has 0 saturated heterocycles. The monoisotopic (exact) mass is 1020 g/mol. The maximum atomic E-state index is 13.4.